The molecule has 0 aromatic heterocycles. The summed E-state index contributed by atoms with van der Waals surface area (Å²) in [4.78, 5) is 0. The van der Waals surface area contributed by atoms with E-state index in [-0.39, 0.29) is 0 Å². The molecule has 0 fully saturated rings. The molecule has 1 unspecified atom stereocenters. The van der Waals surface area contributed by atoms with Gasteiger partial charge >= 0.3 is 197 Å². The molecule has 0 rings (SSSR count). The van der Waals surface area contributed by atoms with E-state index in [2.05, 4.69) is 54.2 Å². The van der Waals surface area contributed by atoms with Crippen molar-refractivity contribution in [2.45, 2.75) is 147 Å². The van der Waals surface area contributed by atoms with Crippen LogP contribution in [0.1, 0.15) is 119 Å². The minimum absolute atomic E-state index is 1.30. The maximum atomic E-state index is 4.35. The van der Waals surface area contributed by atoms with Crippen molar-refractivity contribution in [1.82, 2.24) is 0 Å². The Balaban J connectivity index is 6.34. The van der Waals surface area contributed by atoms with E-state index in [4.69, 9.17) is 0 Å². The molecule has 0 saturated carbocycles. The minimum atomic E-state index is -2.26. The fraction of sp³-hybridized carbons (Fsp3) is 0.926. The van der Waals surface area contributed by atoms with Crippen LogP contribution in [0.4, 0.5) is 0 Å². The molecule has 0 aromatic rings. The molecule has 0 spiro atoms. The van der Waals surface area contributed by atoms with Gasteiger partial charge in [0.15, 0.2) is 0 Å². The van der Waals surface area contributed by atoms with E-state index in [0.717, 1.165) is 0 Å². The standard InChI is InChI=1S/5C4H9.C4H8.C3H5.2Sn/c6*1-3-4-2;1-3-2;;/h5*1,3-4H2,2H3;1H,3-4H2,2H3;3H,1-2H2;;. The average molecular weight is 620 g/mol. The van der Waals surface area contributed by atoms with Crippen molar-refractivity contribution in [3.63, 3.8) is 0 Å². The Hall–Kier alpha value is 1.34. The summed E-state index contributed by atoms with van der Waals surface area (Å²) in [5, 5.41) is 0. The zero-order valence-electron chi connectivity index (χ0n) is 21.6. The van der Waals surface area contributed by atoms with Gasteiger partial charge < -0.3 is 0 Å². The number of allylic oxidation sites excluding steroid dienone is 1. The average Bonchev–Trinajstić information content (AvgIpc) is 2.74. The number of rotatable bonds is 21. The van der Waals surface area contributed by atoms with E-state index in [1.165, 1.54) is 57.8 Å². The van der Waals surface area contributed by atoms with Gasteiger partial charge in [-0.05, 0) is 0 Å². The molecule has 0 aliphatic rings. The van der Waals surface area contributed by atoms with Gasteiger partial charge in [0, 0.05) is 0 Å². The summed E-state index contributed by atoms with van der Waals surface area (Å²) >= 11 is -4.46. The Kier molecular flexibility index (Phi) is 19.7. The van der Waals surface area contributed by atoms with Crippen molar-refractivity contribution in [3.8, 4) is 0 Å². The van der Waals surface area contributed by atoms with Crippen LogP contribution in [-0.4, -0.2) is 36.8 Å². The summed E-state index contributed by atoms with van der Waals surface area (Å²) < 4.78 is 11.3. The molecular formula is C27H58Sn2. The van der Waals surface area contributed by atoms with Gasteiger partial charge in [-0.15, -0.1) is 0 Å². The molecular weight excluding hydrogens is 562 g/mol. The van der Waals surface area contributed by atoms with E-state index in [1.807, 2.05) is 0 Å². The van der Waals surface area contributed by atoms with Crippen molar-refractivity contribution in [3.05, 3.63) is 12.7 Å². The summed E-state index contributed by atoms with van der Waals surface area (Å²) in [5.41, 5.74) is 0. The van der Waals surface area contributed by atoms with Gasteiger partial charge in [0.05, 0.1) is 0 Å². The van der Waals surface area contributed by atoms with Crippen LogP contribution in [0.2, 0.25) is 28.6 Å². The van der Waals surface area contributed by atoms with E-state index in [1.54, 1.807) is 47.9 Å². The van der Waals surface area contributed by atoms with Crippen molar-refractivity contribution < 1.29 is 0 Å². The second kappa shape index (κ2) is 18.9. The Morgan fingerprint density at radius 3 is 1.17 bits per heavy atom. The first kappa shape index (κ1) is 30.3. The molecule has 0 N–H and O–H groups in total. The predicted molar refractivity (Wildman–Crippen MR) is 144 cm³/mol. The molecule has 1 atom stereocenters. The Bertz CT molecular complexity index is 347. The van der Waals surface area contributed by atoms with Gasteiger partial charge in [0.2, 0.25) is 0 Å². The third-order valence-corrected chi connectivity index (χ3v) is 63.7. The van der Waals surface area contributed by atoms with E-state index in [9.17, 15) is 0 Å². The zero-order valence-corrected chi connectivity index (χ0v) is 27.3. The van der Waals surface area contributed by atoms with Crippen LogP contribution in [0.25, 0.3) is 0 Å². The fourth-order valence-electron chi connectivity index (χ4n) is 6.20. The summed E-state index contributed by atoms with van der Waals surface area (Å²) in [6.07, 6.45) is 20.2. The third-order valence-electron chi connectivity index (χ3n) is 7.75. The van der Waals surface area contributed by atoms with Crippen molar-refractivity contribution in [2.75, 3.05) is 0 Å². The molecule has 0 bridgehead atoms. The van der Waals surface area contributed by atoms with E-state index in [0.29, 0.717) is 0 Å². The molecule has 2 heteroatoms. The number of hydrogen-bond donors (Lipinski definition) is 0. The van der Waals surface area contributed by atoms with Gasteiger partial charge in [-0.2, -0.15) is 0 Å². The first-order valence-electron chi connectivity index (χ1n) is 13.7. The molecule has 0 radical (unpaired) electrons. The molecule has 174 valence electrons. The first-order chi connectivity index (χ1) is 14.1. The zero-order chi connectivity index (χ0) is 22.0. The van der Waals surface area contributed by atoms with Gasteiger partial charge in [0.25, 0.3) is 0 Å². The second-order valence-corrected chi connectivity index (χ2v) is 42.6. The first-order valence-corrected chi connectivity index (χ1v) is 29.1. The van der Waals surface area contributed by atoms with E-state index >= 15 is 0 Å². The maximum absolute atomic E-state index is 4.35. The third kappa shape index (κ3) is 10.7. The number of unbranched alkanes of at least 4 members (excludes halogenated alkanes) is 5. The van der Waals surface area contributed by atoms with E-state index < -0.39 is 36.8 Å². The normalized spacial score (nSPS) is 13.6. The van der Waals surface area contributed by atoms with Crippen LogP contribution in [0, 0.1) is 0 Å². The molecule has 0 aliphatic carbocycles. The van der Waals surface area contributed by atoms with Crippen molar-refractivity contribution in [2.24, 2.45) is 0 Å². The van der Waals surface area contributed by atoms with Gasteiger partial charge in [-0.3, -0.25) is 0 Å². The summed E-state index contributed by atoms with van der Waals surface area (Å²) in [6.45, 7) is 19.1. The summed E-state index contributed by atoms with van der Waals surface area (Å²) in [5.74, 6) is 0. The molecule has 29 heavy (non-hydrogen) atoms. The van der Waals surface area contributed by atoms with Crippen LogP contribution in [-0.2, 0) is 0 Å². The van der Waals surface area contributed by atoms with Crippen LogP contribution in [0.5, 0.6) is 0 Å². The molecule has 0 amide bonds. The fourth-order valence-corrected chi connectivity index (χ4v) is 82.5. The molecule has 0 aromatic carbocycles. The Morgan fingerprint density at radius 1 is 0.552 bits per heavy atom. The van der Waals surface area contributed by atoms with Crippen molar-refractivity contribution >= 4 is 36.8 Å². The van der Waals surface area contributed by atoms with Crippen LogP contribution in [0.15, 0.2) is 12.7 Å². The Morgan fingerprint density at radius 2 is 0.897 bits per heavy atom. The van der Waals surface area contributed by atoms with Crippen LogP contribution >= 0.6 is 0 Å². The van der Waals surface area contributed by atoms with Gasteiger partial charge in [0.1, 0.15) is 0 Å². The molecule has 0 aliphatic heterocycles. The SMILES string of the molecule is C=C[CH2][Sn]([CH2]CCC)([CH2]CCC)[CH](CCC)[Sn]([CH2]CCC)([CH2]CCC)[CH2]CCC. The van der Waals surface area contributed by atoms with Crippen LogP contribution < -0.4 is 0 Å². The molecule has 0 nitrogen and oxygen atoms in total. The topological polar surface area (TPSA) is 0 Å². The summed E-state index contributed by atoms with van der Waals surface area (Å²) in [7, 11) is 0. The number of hydrogen-bond acceptors (Lipinski definition) is 0. The monoisotopic (exact) mass is 622 g/mol. The van der Waals surface area contributed by atoms with Gasteiger partial charge in [-0.1, -0.05) is 0 Å². The van der Waals surface area contributed by atoms with Crippen molar-refractivity contribution in [1.29, 1.82) is 0 Å². The quantitative estimate of drug-likeness (QED) is 0.0885. The van der Waals surface area contributed by atoms with Gasteiger partial charge in [-0.25, -0.2) is 0 Å². The summed E-state index contributed by atoms with van der Waals surface area (Å²) in [6, 6.07) is 0. The Labute approximate surface area is 195 Å². The second-order valence-electron chi connectivity index (χ2n) is 10.1. The molecule has 0 heterocycles. The molecule has 0 saturated heterocycles. The van der Waals surface area contributed by atoms with Crippen LogP contribution in [0.3, 0.4) is 0 Å². The predicted octanol–water partition coefficient (Wildman–Crippen LogP) is 10.8.